The highest BCUT2D eigenvalue weighted by molar-refractivity contribution is 5.85. The highest BCUT2D eigenvalue weighted by Crippen LogP contribution is 2.19. The third-order valence-corrected chi connectivity index (χ3v) is 2.70. The van der Waals surface area contributed by atoms with Gasteiger partial charge in [0.1, 0.15) is 12.4 Å². The van der Waals surface area contributed by atoms with Crippen LogP contribution in [0.1, 0.15) is 24.0 Å². The Morgan fingerprint density at radius 3 is 2.69 bits per heavy atom. The van der Waals surface area contributed by atoms with Gasteiger partial charge in [0.25, 0.3) is 0 Å². The minimum absolute atomic E-state index is 0. The third-order valence-electron chi connectivity index (χ3n) is 2.70. The van der Waals surface area contributed by atoms with Gasteiger partial charge in [-0.25, -0.2) is 0 Å². The Balaban J connectivity index is 0.00000128. The Morgan fingerprint density at radius 2 is 2.06 bits per heavy atom. The van der Waals surface area contributed by atoms with E-state index in [1.54, 1.807) is 0 Å². The van der Waals surface area contributed by atoms with Crippen LogP contribution in [0.25, 0.3) is 0 Å². The van der Waals surface area contributed by atoms with Crippen LogP contribution in [0.4, 0.5) is 0 Å². The molecule has 0 aliphatic heterocycles. The molecule has 0 atom stereocenters. The van der Waals surface area contributed by atoms with Crippen LogP contribution < -0.4 is 10.1 Å². The molecule has 1 aliphatic carbocycles. The molecule has 1 aromatic carbocycles. The minimum atomic E-state index is 0. The number of benzene rings is 1. The molecule has 0 heterocycles. The van der Waals surface area contributed by atoms with E-state index in [1.807, 2.05) is 0 Å². The van der Waals surface area contributed by atoms with Crippen molar-refractivity contribution >= 4 is 12.4 Å². The van der Waals surface area contributed by atoms with E-state index in [9.17, 15) is 0 Å². The van der Waals surface area contributed by atoms with Crippen molar-refractivity contribution in [1.82, 2.24) is 5.32 Å². The molecule has 3 heteroatoms. The molecule has 0 bridgehead atoms. The van der Waals surface area contributed by atoms with Gasteiger partial charge in [-0.15, -0.1) is 12.4 Å². The first-order chi connectivity index (χ1) is 7.25. The zero-order chi connectivity index (χ0) is 10.7. The molecular formula is C13H20ClNO. The maximum atomic E-state index is 5.71. The van der Waals surface area contributed by atoms with Gasteiger partial charge in [-0.2, -0.15) is 0 Å². The molecule has 1 fully saturated rings. The Bertz CT molecular complexity index is 337. The van der Waals surface area contributed by atoms with Crippen molar-refractivity contribution in [2.24, 2.45) is 0 Å². The molecule has 1 saturated carbocycles. The van der Waals surface area contributed by atoms with E-state index in [-0.39, 0.29) is 12.4 Å². The van der Waals surface area contributed by atoms with Gasteiger partial charge < -0.3 is 10.1 Å². The number of nitrogens with one attached hydrogen (secondary N) is 1. The van der Waals surface area contributed by atoms with E-state index >= 15 is 0 Å². The average molecular weight is 242 g/mol. The van der Waals surface area contributed by atoms with Crippen LogP contribution in [0.15, 0.2) is 18.2 Å². The molecule has 16 heavy (non-hydrogen) atoms. The molecule has 1 aromatic rings. The van der Waals surface area contributed by atoms with E-state index in [4.69, 9.17) is 4.74 Å². The smallest absolute Gasteiger partial charge is 0.122 e. The summed E-state index contributed by atoms with van der Waals surface area (Å²) in [4.78, 5) is 0. The van der Waals surface area contributed by atoms with Crippen molar-refractivity contribution in [3.05, 3.63) is 29.3 Å². The van der Waals surface area contributed by atoms with Crippen LogP contribution in [-0.4, -0.2) is 19.2 Å². The molecule has 0 amide bonds. The van der Waals surface area contributed by atoms with Gasteiger partial charge in [-0.1, -0.05) is 17.7 Å². The Hall–Kier alpha value is -0.730. The molecule has 1 aliphatic rings. The Morgan fingerprint density at radius 1 is 1.31 bits per heavy atom. The van der Waals surface area contributed by atoms with Crippen LogP contribution in [0.3, 0.4) is 0 Å². The zero-order valence-corrected chi connectivity index (χ0v) is 10.8. The van der Waals surface area contributed by atoms with Gasteiger partial charge in [0.2, 0.25) is 0 Å². The summed E-state index contributed by atoms with van der Waals surface area (Å²) in [5.74, 6) is 1.01. The molecule has 90 valence electrons. The molecule has 0 saturated heterocycles. The SMILES string of the molecule is Cc1ccc(OCCNC2CC2)c(C)c1.Cl. The molecule has 0 spiro atoms. The maximum Gasteiger partial charge on any atom is 0.122 e. The van der Waals surface area contributed by atoms with E-state index in [0.29, 0.717) is 0 Å². The van der Waals surface area contributed by atoms with E-state index in [1.165, 1.54) is 24.0 Å². The summed E-state index contributed by atoms with van der Waals surface area (Å²) in [6.45, 7) is 5.92. The quantitative estimate of drug-likeness (QED) is 0.801. The number of hydrogen-bond donors (Lipinski definition) is 1. The van der Waals surface area contributed by atoms with Crippen molar-refractivity contribution < 1.29 is 4.74 Å². The summed E-state index contributed by atoms with van der Waals surface area (Å²) in [6, 6.07) is 7.08. The standard InChI is InChI=1S/C13H19NO.ClH/c1-10-3-6-13(11(2)9-10)15-8-7-14-12-4-5-12;/h3,6,9,12,14H,4-5,7-8H2,1-2H3;1H. The number of hydrogen-bond acceptors (Lipinski definition) is 2. The lowest BCUT2D eigenvalue weighted by molar-refractivity contribution is 0.311. The van der Waals surface area contributed by atoms with Crippen LogP contribution in [0.5, 0.6) is 5.75 Å². The van der Waals surface area contributed by atoms with Crippen molar-refractivity contribution in [3.8, 4) is 5.75 Å². The van der Waals surface area contributed by atoms with E-state index in [0.717, 1.165) is 24.9 Å². The average Bonchev–Trinajstić information content (AvgIpc) is 2.99. The molecule has 1 N–H and O–H groups in total. The second-order valence-electron chi connectivity index (χ2n) is 4.35. The van der Waals surface area contributed by atoms with Crippen molar-refractivity contribution in [1.29, 1.82) is 0 Å². The highest BCUT2D eigenvalue weighted by atomic mass is 35.5. The van der Waals surface area contributed by atoms with Gasteiger partial charge in [-0.05, 0) is 38.3 Å². The first-order valence-corrected chi connectivity index (χ1v) is 5.69. The van der Waals surface area contributed by atoms with Crippen LogP contribution in [0, 0.1) is 13.8 Å². The fourth-order valence-corrected chi connectivity index (χ4v) is 1.67. The minimum Gasteiger partial charge on any atom is -0.492 e. The monoisotopic (exact) mass is 241 g/mol. The lowest BCUT2D eigenvalue weighted by Crippen LogP contribution is -2.22. The fraction of sp³-hybridized carbons (Fsp3) is 0.538. The third kappa shape index (κ3) is 4.03. The predicted octanol–water partition coefficient (Wildman–Crippen LogP) is 2.86. The second kappa shape index (κ2) is 6.12. The summed E-state index contributed by atoms with van der Waals surface area (Å²) in [5, 5.41) is 3.43. The van der Waals surface area contributed by atoms with Gasteiger partial charge in [-0.3, -0.25) is 0 Å². The number of ether oxygens (including phenoxy) is 1. The summed E-state index contributed by atoms with van der Waals surface area (Å²) >= 11 is 0. The summed E-state index contributed by atoms with van der Waals surface area (Å²) < 4.78 is 5.71. The predicted molar refractivity (Wildman–Crippen MR) is 69.7 cm³/mol. The molecule has 2 rings (SSSR count). The van der Waals surface area contributed by atoms with Crippen LogP contribution in [-0.2, 0) is 0 Å². The van der Waals surface area contributed by atoms with Gasteiger partial charge in [0.05, 0.1) is 0 Å². The molecule has 2 nitrogen and oxygen atoms in total. The van der Waals surface area contributed by atoms with Crippen molar-refractivity contribution in [3.63, 3.8) is 0 Å². The maximum absolute atomic E-state index is 5.71. The van der Waals surface area contributed by atoms with Gasteiger partial charge in [0.15, 0.2) is 0 Å². The van der Waals surface area contributed by atoms with Crippen molar-refractivity contribution in [2.45, 2.75) is 32.7 Å². The van der Waals surface area contributed by atoms with E-state index < -0.39 is 0 Å². The normalized spacial score (nSPS) is 14.4. The first kappa shape index (κ1) is 13.3. The molecule has 0 unspecified atom stereocenters. The van der Waals surface area contributed by atoms with Gasteiger partial charge in [0, 0.05) is 12.6 Å². The Labute approximate surface area is 104 Å². The first-order valence-electron chi connectivity index (χ1n) is 5.69. The zero-order valence-electron chi connectivity index (χ0n) is 9.95. The lowest BCUT2D eigenvalue weighted by atomic mass is 10.1. The highest BCUT2D eigenvalue weighted by Gasteiger charge is 2.19. The van der Waals surface area contributed by atoms with E-state index in [2.05, 4.69) is 37.4 Å². The van der Waals surface area contributed by atoms with Gasteiger partial charge >= 0.3 is 0 Å². The molecule has 0 aromatic heterocycles. The lowest BCUT2D eigenvalue weighted by Gasteiger charge is -2.09. The molecular weight excluding hydrogens is 222 g/mol. The number of rotatable bonds is 5. The van der Waals surface area contributed by atoms with Crippen LogP contribution >= 0.6 is 12.4 Å². The topological polar surface area (TPSA) is 21.3 Å². The fourth-order valence-electron chi connectivity index (χ4n) is 1.67. The van der Waals surface area contributed by atoms with Crippen molar-refractivity contribution in [2.75, 3.05) is 13.2 Å². The molecule has 0 radical (unpaired) electrons. The Kier molecular flexibility index (Phi) is 5.10. The largest absolute Gasteiger partial charge is 0.492 e. The van der Waals surface area contributed by atoms with Crippen LogP contribution in [0.2, 0.25) is 0 Å². The number of aryl methyl sites for hydroxylation is 2. The number of halogens is 1. The summed E-state index contributed by atoms with van der Waals surface area (Å²) in [7, 11) is 0. The summed E-state index contributed by atoms with van der Waals surface area (Å²) in [6.07, 6.45) is 2.67. The second-order valence-corrected chi connectivity index (χ2v) is 4.35. The summed E-state index contributed by atoms with van der Waals surface area (Å²) in [5.41, 5.74) is 2.51.